The molecule has 0 aromatic heterocycles. The third kappa shape index (κ3) is 4.54. The van der Waals surface area contributed by atoms with E-state index >= 15 is 0 Å². The Labute approximate surface area is 124 Å². The molecule has 0 radical (unpaired) electrons. The number of carboxylic acid groups (broad SMARTS) is 1. The molecule has 1 N–H and O–H groups in total. The number of carbonyl (C=O) groups is 2. The number of rotatable bonds is 7. The Morgan fingerprint density at radius 1 is 1.45 bits per heavy atom. The average molecular weight is 297 g/mol. The summed E-state index contributed by atoms with van der Waals surface area (Å²) in [5.74, 6) is -0.253. The van der Waals surface area contributed by atoms with Crippen molar-refractivity contribution < 1.29 is 14.7 Å². The number of hydrogen-bond acceptors (Lipinski definition) is 3. The first-order chi connectivity index (χ1) is 9.58. The van der Waals surface area contributed by atoms with E-state index in [2.05, 4.69) is 6.08 Å². The van der Waals surface area contributed by atoms with Crippen LogP contribution in [0.15, 0.2) is 11.8 Å². The summed E-state index contributed by atoms with van der Waals surface area (Å²) in [5, 5.41) is 8.73. The second-order valence-electron chi connectivity index (χ2n) is 5.66. The van der Waals surface area contributed by atoms with Crippen molar-refractivity contribution in [1.82, 2.24) is 4.90 Å². The van der Waals surface area contributed by atoms with Crippen LogP contribution in [0.3, 0.4) is 0 Å². The van der Waals surface area contributed by atoms with E-state index in [0.717, 1.165) is 25.7 Å². The third-order valence-corrected chi connectivity index (χ3v) is 4.86. The summed E-state index contributed by atoms with van der Waals surface area (Å²) in [6.07, 6.45) is 9.03. The topological polar surface area (TPSA) is 57.6 Å². The first-order valence-corrected chi connectivity index (χ1v) is 8.47. The first kappa shape index (κ1) is 15.4. The Kier molecular flexibility index (Phi) is 5.52. The van der Waals surface area contributed by atoms with Gasteiger partial charge in [0.05, 0.1) is 12.2 Å². The van der Waals surface area contributed by atoms with Crippen LogP contribution in [0.1, 0.15) is 51.9 Å². The number of nitrogens with zero attached hydrogens (tertiary/aromatic N) is 1. The Morgan fingerprint density at radius 3 is 2.75 bits per heavy atom. The molecule has 5 heteroatoms. The highest BCUT2D eigenvalue weighted by atomic mass is 32.2. The molecule has 1 fully saturated rings. The van der Waals surface area contributed by atoms with Crippen LogP contribution >= 0.6 is 11.8 Å². The van der Waals surface area contributed by atoms with Crippen molar-refractivity contribution in [2.24, 2.45) is 0 Å². The van der Waals surface area contributed by atoms with E-state index in [1.807, 2.05) is 11.8 Å². The molecule has 1 saturated carbocycles. The van der Waals surface area contributed by atoms with Crippen LogP contribution in [-0.2, 0) is 9.59 Å². The Hall–Kier alpha value is -0.970. The predicted octanol–water partition coefficient (Wildman–Crippen LogP) is 3.03. The standard InChI is InChI=1S/C15H23NO3S/c1-11(9-15(18)19)20-10-14(17)16(13-7-8-13)12-5-3-2-4-6-12/h5,11,13H,2-4,6-10H2,1H3,(H,18,19). The minimum Gasteiger partial charge on any atom is -0.481 e. The highest BCUT2D eigenvalue weighted by molar-refractivity contribution is 8.00. The summed E-state index contributed by atoms with van der Waals surface area (Å²) in [6.45, 7) is 1.87. The monoisotopic (exact) mass is 297 g/mol. The molecule has 0 aromatic carbocycles. The average Bonchev–Trinajstić information content (AvgIpc) is 3.22. The number of aliphatic carboxylic acids is 1. The molecule has 1 atom stereocenters. The molecule has 0 aromatic rings. The minimum atomic E-state index is -0.800. The fourth-order valence-corrected chi connectivity index (χ4v) is 3.39. The molecule has 2 aliphatic carbocycles. The molecule has 0 heterocycles. The summed E-state index contributed by atoms with van der Waals surface area (Å²) in [4.78, 5) is 25.1. The molecule has 1 amide bonds. The van der Waals surface area contributed by atoms with E-state index in [0.29, 0.717) is 11.8 Å². The van der Waals surface area contributed by atoms with E-state index in [9.17, 15) is 9.59 Å². The van der Waals surface area contributed by atoms with Crippen LogP contribution in [0.25, 0.3) is 0 Å². The second-order valence-corrected chi connectivity index (χ2v) is 7.08. The zero-order valence-electron chi connectivity index (χ0n) is 12.0. The molecule has 0 aliphatic heterocycles. The van der Waals surface area contributed by atoms with E-state index in [-0.39, 0.29) is 17.6 Å². The fourth-order valence-electron chi connectivity index (χ4n) is 2.56. The van der Waals surface area contributed by atoms with Crippen molar-refractivity contribution in [3.05, 3.63) is 11.8 Å². The van der Waals surface area contributed by atoms with Gasteiger partial charge in [0, 0.05) is 17.0 Å². The molecule has 1 unspecified atom stereocenters. The minimum absolute atomic E-state index is 0.0159. The maximum Gasteiger partial charge on any atom is 0.304 e. The lowest BCUT2D eigenvalue weighted by Crippen LogP contribution is -2.34. The summed E-state index contributed by atoms with van der Waals surface area (Å²) < 4.78 is 0. The van der Waals surface area contributed by atoms with Crippen molar-refractivity contribution in [2.75, 3.05) is 5.75 Å². The quantitative estimate of drug-likeness (QED) is 0.784. The van der Waals surface area contributed by atoms with Gasteiger partial charge in [-0.15, -0.1) is 11.8 Å². The smallest absolute Gasteiger partial charge is 0.304 e. The molecule has 0 saturated heterocycles. The van der Waals surface area contributed by atoms with Crippen molar-refractivity contribution in [2.45, 2.75) is 63.2 Å². The van der Waals surface area contributed by atoms with E-state index in [1.54, 1.807) is 0 Å². The fraction of sp³-hybridized carbons (Fsp3) is 0.733. The Morgan fingerprint density at radius 2 is 2.20 bits per heavy atom. The highest BCUT2D eigenvalue weighted by Gasteiger charge is 2.34. The van der Waals surface area contributed by atoms with Gasteiger partial charge < -0.3 is 10.0 Å². The van der Waals surface area contributed by atoms with Gasteiger partial charge in [0.25, 0.3) is 0 Å². The molecule has 2 aliphatic rings. The van der Waals surface area contributed by atoms with Crippen LogP contribution in [0, 0.1) is 0 Å². The summed E-state index contributed by atoms with van der Waals surface area (Å²) in [5.41, 5.74) is 1.20. The van der Waals surface area contributed by atoms with Gasteiger partial charge in [0.15, 0.2) is 0 Å². The van der Waals surface area contributed by atoms with Gasteiger partial charge in [-0.25, -0.2) is 0 Å². The van der Waals surface area contributed by atoms with E-state index in [1.165, 1.54) is 30.3 Å². The molecule has 20 heavy (non-hydrogen) atoms. The predicted molar refractivity (Wildman–Crippen MR) is 80.6 cm³/mol. The molecule has 4 nitrogen and oxygen atoms in total. The lowest BCUT2D eigenvalue weighted by molar-refractivity contribution is -0.137. The van der Waals surface area contributed by atoms with Crippen LogP contribution in [0.5, 0.6) is 0 Å². The largest absolute Gasteiger partial charge is 0.481 e. The zero-order valence-corrected chi connectivity index (χ0v) is 12.8. The van der Waals surface area contributed by atoms with Crippen LogP contribution < -0.4 is 0 Å². The van der Waals surface area contributed by atoms with E-state index < -0.39 is 5.97 Å². The van der Waals surface area contributed by atoms with Gasteiger partial charge in [-0.2, -0.15) is 0 Å². The number of allylic oxidation sites excluding steroid dienone is 2. The van der Waals surface area contributed by atoms with Gasteiger partial charge in [-0.3, -0.25) is 9.59 Å². The molecule has 112 valence electrons. The molecule has 2 rings (SSSR count). The maximum atomic E-state index is 12.4. The molecule has 0 bridgehead atoms. The van der Waals surface area contributed by atoms with Gasteiger partial charge >= 0.3 is 5.97 Å². The maximum absolute atomic E-state index is 12.4. The number of hydrogen-bond donors (Lipinski definition) is 1. The molecular formula is C15H23NO3S. The number of amides is 1. The lowest BCUT2D eigenvalue weighted by Gasteiger charge is -2.28. The van der Waals surface area contributed by atoms with Gasteiger partial charge in [0.2, 0.25) is 5.91 Å². The van der Waals surface area contributed by atoms with Crippen molar-refractivity contribution in [3.8, 4) is 0 Å². The molecule has 0 spiro atoms. The van der Waals surface area contributed by atoms with Crippen molar-refractivity contribution in [1.29, 1.82) is 0 Å². The van der Waals surface area contributed by atoms with Crippen molar-refractivity contribution in [3.63, 3.8) is 0 Å². The Balaban J connectivity index is 1.87. The number of carboxylic acids is 1. The summed E-state index contributed by atoms with van der Waals surface area (Å²) >= 11 is 1.45. The van der Waals surface area contributed by atoms with Gasteiger partial charge in [-0.1, -0.05) is 13.0 Å². The molecular weight excluding hydrogens is 274 g/mol. The van der Waals surface area contributed by atoms with Crippen LogP contribution in [-0.4, -0.2) is 38.9 Å². The lowest BCUT2D eigenvalue weighted by atomic mass is 10.0. The van der Waals surface area contributed by atoms with E-state index in [4.69, 9.17) is 5.11 Å². The zero-order chi connectivity index (χ0) is 14.5. The summed E-state index contributed by atoms with van der Waals surface area (Å²) in [6, 6.07) is 0.405. The second kappa shape index (κ2) is 7.16. The van der Waals surface area contributed by atoms with Crippen LogP contribution in [0.2, 0.25) is 0 Å². The number of thioether (sulfide) groups is 1. The van der Waals surface area contributed by atoms with Gasteiger partial charge in [-0.05, 0) is 38.5 Å². The Bertz CT molecular complexity index is 404. The number of carbonyl (C=O) groups excluding carboxylic acids is 1. The van der Waals surface area contributed by atoms with Crippen molar-refractivity contribution >= 4 is 23.6 Å². The van der Waals surface area contributed by atoms with Gasteiger partial charge in [0.1, 0.15) is 0 Å². The highest BCUT2D eigenvalue weighted by Crippen LogP contribution is 2.34. The SMILES string of the molecule is CC(CC(=O)O)SCC(=O)N(C1=CCCCC1)C1CC1. The first-order valence-electron chi connectivity index (χ1n) is 7.42. The normalized spacial score (nSPS) is 20.1. The summed E-state index contributed by atoms with van der Waals surface area (Å²) in [7, 11) is 0. The third-order valence-electron chi connectivity index (χ3n) is 3.71. The van der Waals surface area contributed by atoms with Crippen LogP contribution in [0.4, 0.5) is 0 Å².